The Bertz CT molecular complexity index is 491. The summed E-state index contributed by atoms with van der Waals surface area (Å²) in [5.41, 5.74) is 1.14. The van der Waals surface area contributed by atoms with Crippen LogP contribution in [0.25, 0.3) is 0 Å². The second kappa shape index (κ2) is 7.28. The van der Waals surface area contributed by atoms with Crippen LogP contribution in [0.15, 0.2) is 24.3 Å². The molecular formula is C17H24ClNO2. The zero-order chi connectivity index (χ0) is 15.4. The van der Waals surface area contributed by atoms with Gasteiger partial charge in [0, 0.05) is 17.1 Å². The maximum absolute atomic E-state index is 11.6. The number of hydrogen-bond donors (Lipinski definition) is 1. The van der Waals surface area contributed by atoms with Gasteiger partial charge in [-0.15, -0.1) is 0 Å². The van der Waals surface area contributed by atoms with E-state index < -0.39 is 5.97 Å². The quantitative estimate of drug-likeness (QED) is 0.840. The van der Waals surface area contributed by atoms with Crippen molar-refractivity contribution in [3.63, 3.8) is 0 Å². The molecule has 0 amide bonds. The van der Waals surface area contributed by atoms with E-state index in [-0.39, 0.29) is 18.0 Å². The van der Waals surface area contributed by atoms with E-state index in [9.17, 15) is 9.90 Å². The number of hydrogen-bond acceptors (Lipinski definition) is 2. The molecule has 1 aromatic rings. The molecule has 0 radical (unpaired) electrons. The molecular weight excluding hydrogens is 286 g/mol. The van der Waals surface area contributed by atoms with E-state index >= 15 is 0 Å². The SMILES string of the molecule is CC(c1cccc(Cl)c1)N(C)C1CCCCCC1C(=O)O. The minimum absolute atomic E-state index is 0.0963. The van der Waals surface area contributed by atoms with E-state index in [1.165, 1.54) is 0 Å². The normalized spacial score (nSPS) is 24.6. The van der Waals surface area contributed by atoms with Crippen molar-refractivity contribution in [3.05, 3.63) is 34.9 Å². The molecule has 0 aromatic heterocycles. The molecule has 2 rings (SSSR count). The summed E-state index contributed by atoms with van der Waals surface area (Å²) in [4.78, 5) is 13.8. The highest BCUT2D eigenvalue weighted by Crippen LogP contribution is 2.32. The fraction of sp³-hybridized carbons (Fsp3) is 0.588. The molecule has 21 heavy (non-hydrogen) atoms. The monoisotopic (exact) mass is 309 g/mol. The minimum atomic E-state index is -0.660. The van der Waals surface area contributed by atoms with Gasteiger partial charge in [-0.1, -0.05) is 43.0 Å². The first-order valence-corrected chi connectivity index (χ1v) is 8.08. The molecule has 0 aliphatic heterocycles. The van der Waals surface area contributed by atoms with Crippen molar-refractivity contribution in [2.75, 3.05) is 7.05 Å². The predicted molar refractivity (Wildman–Crippen MR) is 85.6 cm³/mol. The van der Waals surface area contributed by atoms with Crippen LogP contribution in [0, 0.1) is 5.92 Å². The van der Waals surface area contributed by atoms with Crippen LogP contribution in [0.2, 0.25) is 5.02 Å². The van der Waals surface area contributed by atoms with Crippen molar-refractivity contribution in [2.24, 2.45) is 5.92 Å². The number of carboxylic acids is 1. The summed E-state index contributed by atoms with van der Waals surface area (Å²) in [6, 6.07) is 8.09. The lowest BCUT2D eigenvalue weighted by molar-refractivity contribution is -0.144. The van der Waals surface area contributed by atoms with E-state index in [4.69, 9.17) is 11.6 Å². The molecule has 1 aliphatic carbocycles. The Balaban J connectivity index is 2.19. The molecule has 0 spiro atoms. The van der Waals surface area contributed by atoms with E-state index in [1.54, 1.807) is 0 Å². The summed E-state index contributed by atoms with van der Waals surface area (Å²) in [6.07, 6.45) is 5.01. The maximum Gasteiger partial charge on any atom is 0.308 e. The summed E-state index contributed by atoms with van der Waals surface area (Å²) < 4.78 is 0. The minimum Gasteiger partial charge on any atom is -0.481 e. The number of carbonyl (C=O) groups is 1. The van der Waals surface area contributed by atoms with Gasteiger partial charge in [0.25, 0.3) is 0 Å². The van der Waals surface area contributed by atoms with Crippen molar-refractivity contribution >= 4 is 17.6 Å². The number of benzene rings is 1. The smallest absolute Gasteiger partial charge is 0.308 e. The highest BCUT2D eigenvalue weighted by Gasteiger charge is 2.34. The van der Waals surface area contributed by atoms with Gasteiger partial charge in [0.05, 0.1) is 5.92 Å². The van der Waals surface area contributed by atoms with Gasteiger partial charge in [-0.3, -0.25) is 9.69 Å². The first kappa shape index (κ1) is 16.3. The second-order valence-electron chi connectivity index (χ2n) is 6.05. The van der Waals surface area contributed by atoms with Gasteiger partial charge >= 0.3 is 5.97 Å². The van der Waals surface area contributed by atoms with Gasteiger partial charge < -0.3 is 5.11 Å². The maximum atomic E-state index is 11.6. The molecule has 116 valence electrons. The van der Waals surface area contributed by atoms with E-state index in [2.05, 4.69) is 17.9 Å². The lowest BCUT2D eigenvalue weighted by Crippen LogP contribution is -2.42. The summed E-state index contributed by atoms with van der Waals surface area (Å²) >= 11 is 6.07. The lowest BCUT2D eigenvalue weighted by Gasteiger charge is -2.36. The number of carboxylic acid groups (broad SMARTS) is 1. The average Bonchev–Trinajstić information content (AvgIpc) is 2.71. The van der Waals surface area contributed by atoms with Crippen molar-refractivity contribution in [1.29, 1.82) is 0 Å². The fourth-order valence-corrected chi connectivity index (χ4v) is 3.55. The zero-order valence-electron chi connectivity index (χ0n) is 12.8. The van der Waals surface area contributed by atoms with E-state index in [0.717, 1.165) is 42.7 Å². The molecule has 1 N–H and O–H groups in total. The molecule has 1 saturated carbocycles. The van der Waals surface area contributed by atoms with Crippen LogP contribution in [-0.4, -0.2) is 29.1 Å². The van der Waals surface area contributed by atoms with Crippen LogP contribution in [0.4, 0.5) is 0 Å². The van der Waals surface area contributed by atoms with Crippen LogP contribution >= 0.6 is 11.6 Å². The molecule has 1 aromatic carbocycles. The highest BCUT2D eigenvalue weighted by atomic mass is 35.5. The van der Waals surface area contributed by atoms with Gasteiger partial charge in [-0.25, -0.2) is 0 Å². The Kier molecular flexibility index (Phi) is 5.65. The Labute approximate surface area is 131 Å². The molecule has 3 atom stereocenters. The highest BCUT2D eigenvalue weighted by molar-refractivity contribution is 6.30. The van der Waals surface area contributed by atoms with Crippen LogP contribution in [0.3, 0.4) is 0 Å². The Hall–Kier alpha value is -1.06. The first-order valence-electron chi connectivity index (χ1n) is 7.71. The number of nitrogens with zero attached hydrogens (tertiary/aromatic N) is 1. The van der Waals surface area contributed by atoms with Crippen LogP contribution in [-0.2, 0) is 4.79 Å². The summed E-state index contributed by atoms with van der Waals surface area (Å²) in [5, 5.41) is 10.3. The molecule has 3 unspecified atom stereocenters. The van der Waals surface area contributed by atoms with Crippen molar-refractivity contribution in [1.82, 2.24) is 4.90 Å². The molecule has 1 fully saturated rings. The van der Waals surface area contributed by atoms with Gasteiger partial charge in [0.1, 0.15) is 0 Å². The standard InChI is InChI=1S/C17H24ClNO2/c1-12(13-7-6-8-14(18)11-13)19(2)16-10-5-3-4-9-15(16)17(20)21/h6-8,11-12,15-16H,3-5,9-10H2,1-2H3,(H,20,21). The van der Waals surface area contributed by atoms with E-state index in [0.29, 0.717) is 0 Å². The predicted octanol–water partition coefficient (Wildman–Crippen LogP) is 4.37. The third-order valence-electron chi connectivity index (χ3n) is 4.76. The van der Waals surface area contributed by atoms with Gasteiger partial charge in [-0.05, 0) is 44.5 Å². The van der Waals surface area contributed by atoms with Crippen molar-refractivity contribution < 1.29 is 9.90 Å². The topological polar surface area (TPSA) is 40.5 Å². The molecule has 1 aliphatic rings. The van der Waals surface area contributed by atoms with Gasteiger partial charge in [0.15, 0.2) is 0 Å². The van der Waals surface area contributed by atoms with Gasteiger partial charge in [-0.2, -0.15) is 0 Å². The molecule has 0 heterocycles. The zero-order valence-corrected chi connectivity index (χ0v) is 13.5. The fourth-order valence-electron chi connectivity index (χ4n) is 3.35. The molecule has 4 heteroatoms. The second-order valence-corrected chi connectivity index (χ2v) is 6.48. The van der Waals surface area contributed by atoms with Crippen LogP contribution < -0.4 is 0 Å². The third-order valence-corrected chi connectivity index (χ3v) is 5.00. The van der Waals surface area contributed by atoms with Crippen molar-refractivity contribution in [3.8, 4) is 0 Å². The Morgan fingerprint density at radius 3 is 2.71 bits per heavy atom. The molecule has 0 bridgehead atoms. The van der Waals surface area contributed by atoms with E-state index in [1.807, 2.05) is 25.2 Å². The Morgan fingerprint density at radius 1 is 1.33 bits per heavy atom. The molecule has 3 nitrogen and oxygen atoms in total. The number of aliphatic carboxylic acids is 1. The lowest BCUT2D eigenvalue weighted by atomic mass is 9.92. The largest absolute Gasteiger partial charge is 0.481 e. The van der Waals surface area contributed by atoms with Crippen LogP contribution in [0.5, 0.6) is 0 Å². The van der Waals surface area contributed by atoms with Crippen LogP contribution in [0.1, 0.15) is 50.6 Å². The van der Waals surface area contributed by atoms with Crippen molar-refractivity contribution in [2.45, 2.75) is 51.1 Å². The summed E-state index contributed by atoms with van der Waals surface area (Å²) in [7, 11) is 2.04. The Morgan fingerprint density at radius 2 is 2.05 bits per heavy atom. The number of halogens is 1. The summed E-state index contributed by atoms with van der Waals surface area (Å²) in [5.74, 6) is -0.925. The average molecular weight is 310 g/mol. The summed E-state index contributed by atoms with van der Waals surface area (Å²) in [6.45, 7) is 2.12. The third kappa shape index (κ3) is 3.98. The first-order chi connectivity index (χ1) is 10.0. The number of rotatable bonds is 4. The van der Waals surface area contributed by atoms with Gasteiger partial charge in [0.2, 0.25) is 0 Å². The molecule has 0 saturated heterocycles.